The Morgan fingerprint density at radius 1 is 1.08 bits per heavy atom. The summed E-state index contributed by atoms with van der Waals surface area (Å²) in [5, 5.41) is 6.55. The molecule has 2 rings (SSSR count). The zero-order valence-electron chi connectivity index (χ0n) is 13.9. The molecular weight excluding hydrogens is 363 g/mol. The van der Waals surface area contributed by atoms with E-state index in [1.807, 2.05) is 0 Å². The number of hydrogen-bond acceptors (Lipinski definition) is 3. The molecule has 0 aliphatic carbocycles. The first-order chi connectivity index (χ1) is 11.9. The third-order valence-electron chi connectivity index (χ3n) is 3.43. The van der Waals surface area contributed by atoms with E-state index in [-0.39, 0.29) is 18.2 Å². The van der Waals surface area contributed by atoms with Crippen molar-refractivity contribution in [1.82, 2.24) is 0 Å². The van der Waals surface area contributed by atoms with Gasteiger partial charge in [0, 0.05) is 29.1 Å². The number of benzene rings is 2. The Labute approximate surface area is 156 Å². The van der Waals surface area contributed by atoms with Crippen LogP contribution in [-0.4, -0.2) is 18.9 Å². The third kappa shape index (κ3) is 5.66. The molecule has 0 radical (unpaired) electrons. The highest BCUT2D eigenvalue weighted by Crippen LogP contribution is 2.28. The zero-order chi connectivity index (χ0) is 18.4. The molecule has 0 aliphatic heterocycles. The van der Waals surface area contributed by atoms with Crippen LogP contribution in [0.3, 0.4) is 0 Å². The second kappa shape index (κ2) is 8.74. The summed E-state index contributed by atoms with van der Waals surface area (Å²) >= 11 is 12.0. The van der Waals surface area contributed by atoms with Crippen molar-refractivity contribution in [3.8, 4) is 5.75 Å². The Morgan fingerprint density at radius 2 is 1.84 bits per heavy atom. The standard InChI is InChI=1S/C18H18Cl2N2O3/c1-11(23)21-16-10-14(6-7-17(16)25-2)22-18(24)8-4-12-3-5-13(19)9-15(12)20/h3,5-7,9-10H,4,8H2,1-2H3,(H,21,23)(H,22,24). The summed E-state index contributed by atoms with van der Waals surface area (Å²) in [7, 11) is 1.51. The zero-order valence-corrected chi connectivity index (χ0v) is 15.4. The van der Waals surface area contributed by atoms with Gasteiger partial charge in [-0.2, -0.15) is 0 Å². The lowest BCUT2D eigenvalue weighted by molar-refractivity contribution is -0.116. The van der Waals surface area contributed by atoms with E-state index >= 15 is 0 Å². The molecule has 0 unspecified atom stereocenters. The Balaban J connectivity index is 2.01. The topological polar surface area (TPSA) is 67.4 Å². The van der Waals surface area contributed by atoms with Gasteiger partial charge in [0.25, 0.3) is 0 Å². The van der Waals surface area contributed by atoms with Crippen LogP contribution in [0.15, 0.2) is 36.4 Å². The summed E-state index contributed by atoms with van der Waals surface area (Å²) in [6.45, 7) is 1.40. The largest absolute Gasteiger partial charge is 0.495 e. The summed E-state index contributed by atoms with van der Waals surface area (Å²) in [4.78, 5) is 23.4. The van der Waals surface area contributed by atoms with Gasteiger partial charge in [0.2, 0.25) is 11.8 Å². The van der Waals surface area contributed by atoms with Crippen LogP contribution in [0.25, 0.3) is 0 Å². The van der Waals surface area contributed by atoms with Crippen molar-refractivity contribution in [2.45, 2.75) is 19.8 Å². The molecule has 0 heterocycles. The van der Waals surface area contributed by atoms with E-state index in [2.05, 4.69) is 10.6 Å². The van der Waals surface area contributed by atoms with Gasteiger partial charge in [-0.05, 0) is 42.3 Å². The highest BCUT2D eigenvalue weighted by molar-refractivity contribution is 6.35. The predicted octanol–water partition coefficient (Wildman–Crippen LogP) is 4.53. The maximum absolute atomic E-state index is 12.2. The second-order valence-electron chi connectivity index (χ2n) is 5.38. The minimum Gasteiger partial charge on any atom is -0.495 e. The van der Waals surface area contributed by atoms with Gasteiger partial charge >= 0.3 is 0 Å². The number of nitrogens with one attached hydrogen (secondary N) is 2. The van der Waals surface area contributed by atoms with Gasteiger partial charge in [-0.25, -0.2) is 0 Å². The van der Waals surface area contributed by atoms with Crippen LogP contribution < -0.4 is 15.4 Å². The lowest BCUT2D eigenvalue weighted by atomic mass is 10.1. The number of carbonyl (C=O) groups is 2. The molecule has 5 nitrogen and oxygen atoms in total. The molecule has 0 saturated carbocycles. The van der Waals surface area contributed by atoms with Crippen LogP contribution in [0.4, 0.5) is 11.4 Å². The van der Waals surface area contributed by atoms with E-state index in [1.54, 1.807) is 36.4 Å². The molecule has 0 spiro atoms. The van der Waals surface area contributed by atoms with Gasteiger partial charge in [-0.15, -0.1) is 0 Å². The molecule has 0 fully saturated rings. The molecule has 0 aliphatic rings. The van der Waals surface area contributed by atoms with Crippen molar-refractivity contribution in [2.24, 2.45) is 0 Å². The highest BCUT2D eigenvalue weighted by Gasteiger charge is 2.10. The Kier molecular flexibility index (Phi) is 6.67. The first-order valence-corrected chi connectivity index (χ1v) is 8.34. The number of hydrogen-bond donors (Lipinski definition) is 2. The second-order valence-corrected chi connectivity index (χ2v) is 6.22. The van der Waals surface area contributed by atoms with Crippen LogP contribution in [0.5, 0.6) is 5.75 Å². The molecule has 25 heavy (non-hydrogen) atoms. The maximum Gasteiger partial charge on any atom is 0.224 e. The van der Waals surface area contributed by atoms with Crippen molar-refractivity contribution in [2.75, 3.05) is 17.7 Å². The minimum absolute atomic E-state index is 0.162. The van der Waals surface area contributed by atoms with E-state index in [1.165, 1.54) is 14.0 Å². The maximum atomic E-state index is 12.2. The lowest BCUT2D eigenvalue weighted by Gasteiger charge is -2.12. The monoisotopic (exact) mass is 380 g/mol. The van der Waals surface area contributed by atoms with Crippen LogP contribution in [0.1, 0.15) is 18.9 Å². The molecule has 0 bridgehead atoms. The number of amides is 2. The average Bonchev–Trinajstić information content (AvgIpc) is 2.54. The fourth-order valence-corrected chi connectivity index (χ4v) is 2.77. The number of aryl methyl sites for hydroxylation is 1. The quantitative estimate of drug-likeness (QED) is 0.773. The summed E-state index contributed by atoms with van der Waals surface area (Å²) in [5.74, 6) is 0.130. The molecule has 2 amide bonds. The van der Waals surface area contributed by atoms with Crippen molar-refractivity contribution >= 4 is 46.4 Å². The molecule has 0 atom stereocenters. The van der Waals surface area contributed by atoms with Crippen LogP contribution in [0.2, 0.25) is 10.0 Å². The normalized spacial score (nSPS) is 10.2. The SMILES string of the molecule is COc1ccc(NC(=O)CCc2ccc(Cl)cc2Cl)cc1NC(C)=O. The number of carbonyl (C=O) groups excluding carboxylic acids is 2. The molecule has 2 aromatic rings. The highest BCUT2D eigenvalue weighted by atomic mass is 35.5. The van der Waals surface area contributed by atoms with Crippen LogP contribution in [0, 0.1) is 0 Å². The molecule has 2 N–H and O–H groups in total. The van der Waals surface area contributed by atoms with E-state index in [9.17, 15) is 9.59 Å². The number of halogens is 2. The molecular formula is C18H18Cl2N2O3. The lowest BCUT2D eigenvalue weighted by Crippen LogP contribution is -2.13. The molecule has 2 aromatic carbocycles. The van der Waals surface area contributed by atoms with Crippen molar-refractivity contribution in [1.29, 1.82) is 0 Å². The smallest absolute Gasteiger partial charge is 0.224 e. The van der Waals surface area contributed by atoms with E-state index < -0.39 is 0 Å². The van der Waals surface area contributed by atoms with E-state index in [0.29, 0.717) is 33.6 Å². The van der Waals surface area contributed by atoms with Crippen LogP contribution in [-0.2, 0) is 16.0 Å². The van der Waals surface area contributed by atoms with Gasteiger partial charge < -0.3 is 15.4 Å². The Morgan fingerprint density at radius 3 is 2.48 bits per heavy atom. The molecule has 0 aromatic heterocycles. The van der Waals surface area contributed by atoms with Crippen molar-refractivity contribution < 1.29 is 14.3 Å². The fourth-order valence-electron chi connectivity index (χ4n) is 2.27. The molecule has 132 valence electrons. The van der Waals surface area contributed by atoms with Crippen molar-refractivity contribution in [3.05, 3.63) is 52.0 Å². The van der Waals surface area contributed by atoms with Gasteiger partial charge in [0.1, 0.15) is 5.75 Å². The van der Waals surface area contributed by atoms with E-state index in [4.69, 9.17) is 27.9 Å². The summed E-state index contributed by atoms with van der Waals surface area (Å²) in [6, 6.07) is 10.2. The fraction of sp³-hybridized carbons (Fsp3) is 0.222. The van der Waals surface area contributed by atoms with Gasteiger partial charge in [-0.1, -0.05) is 29.3 Å². The predicted molar refractivity (Wildman–Crippen MR) is 101 cm³/mol. The van der Waals surface area contributed by atoms with Crippen molar-refractivity contribution in [3.63, 3.8) is 0 Å². The number of rotatable bonds is 6. The summed E-state index contributed by atoms with van der Waals surface area (Å²) in [5.41, 5.74) is 1.92. The van der Waals surface area contributed by atoms with Crippen LogP contribution >= 0.6 is 23.2 Å². The third-order valence-corrected chi connectivity index (χ3v) is 4.02. The minimum atomic E-state index is -0.223. The summed E-state index contributed by atoms with van der Waals surface area (Å²) < 4.78 is 5.18. The van der Waals surface area contributed by atoms with E-state index in [0.717, 1.165) is 5.56 Å². The Bertz CT molecular complexity index is 794. The van der Waals surface area contributed by atoms with Gasteiger partial charge in [0.05, 0.1) is 12.8 Å². The number of anilines is 2. The van der Waals surface area contributed by atoms with Gasteiger partial charge in [-0.3, -0.25) is 9.59 Å². The summed E-state index contributed by atoms with van der Waals surface area (Å²) in [6.07, 6.45) is 0.763. The van der Waals surface area contributed by atoms with Gasteiger partial charge in [0.15, 0.2) is 0 Å². The molecule has 7 heteroatoms. The number of ether oxygens (including phenoxy) is 1. The first-order valence-electron chi connectivity index (χ1n) is 7.58. The first kappa shape index (κ1) is 19.1. The Hall–Kier alpha value is -2.24. The number of methoxy groups -OCH3 is 1. The average molecular weight is 381 g/mol. The molecule has 0 saturated heterocycles.